The largest absolute Gasteiger partial charge is 0.497 e. The SMILES string of the molecule is COc1ccc(CNC(=O)N(c2ccccc2)c2ccccc2)cc1. The first-order valence-corrected chi connectivity index (χ1v) is 8.09. The van der Waals surface area contributed by atoms with Crippen LogP contribution in [-0.4, -0.2) is 13.1 Å². The Morgan fingerprint density at radius 3 is 1.84 bits per heavy atom. The summed E-state index contributed by atoms with van der Waals surface area (Å²) >= 11 is 0. The number of rotatable bonds is 5. The number of nitrogens with one attached hydrogen (secondary N) is 1. The fourth-order valence-electron chi connectivity index (χ4n) is 2.54. The number of para-hydroxylation sites is 2. The van der Waals surface area contributed by atoms with Crippen molar-refractivity contribution in [1.29, 1.82) is 0 Å². The average Bonchev–Trinajstić information content (AvgIpc) is 2.69. The van der Waals surface area contributed by atoms with Crippen LogP contribution in [0.15, 0.2) is 84.9 Å². The molecule has 2 amide bonds. The summed E-state index contributed by atoms with van der Waals surface area (Å²) in [7, 11) is 1.63. The van der Waals surface area contributed by atoms with Crippen LogP contribution in [0.3, 0.4) is 0 Å². The minimum Gasteiger partial charge on any atom is -0.497 e. The fourth-order valence-corrected chi connectivity index (χ4v) is 2.54. The van der Waals surface area contributed by atoms with Gasteiger partial charge in [-0.3, -0.25) is 4.90 Å². The zero-order valence-electron chi connectivity index (χ0n) is 14.1. The number of carbonyl (C=O) groups excluding carboxylic acids is 1. The fraction of sp³-hybridized carbons (Fsp3) is 0.0952. The molecule has 4 nitrogen and oxygen atoms in total. The Kier molecular flexibility index (Phi) is 5.32. The number of ether oxygens (including phenoxy) is 1. The van der Waals surface area contributed by atoms with E-state index in [1.807, 2.05) is 84.9 Å². The van der Waals surface area contributed by atoms with E-state index in [0.717, 1.165) is 22.7 Å². The Balaban J connectivity index is 1.77. The highest BCUT2D eigenvalue weighted by Crippen LogP contribution is 2.25. The Morgan fingerprint density at radius 2 is 1.36 bits per heavy atom. The molecule has 126 valence electrons. The standard InChI is InChI=1S/C21H20N2O2/c1-25-20-14-12-17(13-15-20)16-22-21(24)23(18-8-4-2-5-9-18)19-10-6-3-7-11-19/h2-15H,16H2,1H3,(H,22,24). The lowest BCUT2D eigenvalue weighted by atomic mass is 10.2. The van der Waals surface area contributed by atoms with Gasteiger partial charge in [0.1, 0.15) is 5.75 Å². The molecule has 3 rings (SSSR count). The molecule has 0 atom stereocenters. The summed E-state index contributed by atoms with van der Waals surface area (Å²) in [6.45, 7) is 0.443. The molecule has 0 fully saturated rings. The molecule has 0 spiro atoms. The molecule has 1 N–H and O–H groups in total. The highest BCUT2D eigenvalue weighted by Gasteiger charge is 2.17. The first-order valence-electron chi connectivity index (χ1n) is 8.09. The number of anilines is 2. The number of urea groups is 1. The Bertz CT molecular complexity index is 763. The number of hydrogen-bond donors (Lipinski definition) is 1. The van der Waals surface area contributed by atoms with E-state index in [1.54, 1.807) is 12.0 Å². The molecular weight excluding hydrogens is 312 g/mol. The van der Waals surface area contributed by atoms with Crippen molar-refractivity contribution < 1.29 is 9.53 Å². The third kappa shape index (κ3) is 4.18. The minimum atomic E-state index is -0.173. The van der Waals surface area contributed by atoms with Crippen molar-refractivity contribution in [2.24, 2.45) is 0 Å². The Labute approximate surface area is 147 Å². The van der Waals surface area contributed by atoms with Crippen molar-refractivity contribution in [1.82, 2.24) is 5.32 Å². The van der Waals surface area contributed by atoms with E-state index in [1.165, 1.54) is 0 Å². The minimum absolute atomic E-state index is 0.173. The third-order valence-electron chi connectivity index (χ3n) is 3.83. The number of methoxy groups -OCH3 is 1. The lowest BCUT2D eigenvalue weighted by molar-refractivity contribution is 0.248. The molecule has 0 saturated heterocycles. The predicted molar refractivity (Wildman–Crippen MR) is 100 cm³/mol. The molecule has 3 aromatic carbocycles. The predicted octanol–water partition coefficient (Wildman–Crippen LogP) is 4.74. The van der Waals surface area contributed by atoms with Gasteiger partial charge in [0, 0.05) is 6.54 Å². The van der Waals surface area contributed by atoms with Gasteiger partial charge in [-0.1, -0.05) is 48.5 Å². The van der Waals surface area contributed by atoms with Crippen molar-refractivity contribution in [2.45, 2.75) is 6.54 Å². The lowest BCUT2D eigenvalue weighted by Crippen LogP contribution is -2.36. The zero-order chi connectivity index (χ0) is 17.5. The molecule has 0 aliphatic rings. The monoisotopic (exact) mass is 332 g/mol. The molecule has 0 bridgehead atoms. The van der Waals surface area contributed by atoms with Gasteiger partial charge < -0.3 is 10.1 Å². The van der Waals surface area contributed by atoms with E-state index in [-0.39, 0.29) is 6.03 Å². The number of benzene rings is 3. The van der Waals surface area contributed by atoms with Gasteiger partial charge in [-0.2, -0.15) is 0 Å². The van der Waals surface area contributed by atoms with Gasteiger partial charge in [-0.15, -0.1) is 0 Å². The normalized spacial score (nSPS) is 10.1. The summed E-state index contributed by atoms with van der Waals surface area (Å²) in [5, 5.41) is 2.98. The highest BCUT2D eigenvalue weighted by atomic mass is 16.5. The summed E-state index contributed by atoms with van der Waals surface area (Å²) in [6, 6.07) is 26.7. The van der Waals surface area contributed by atoms with Crippen molar-refractivity contribution in [3.05, 3.63) is 90.5 Å². The summed E-state index contributed by atoms with van der Waals surface area (Å²) in [6.07, 6.45) is 0. The molecule has 3 aromatic rings. The summed E-state index contributed by atoms with van der Waals surface area (Å²) in [5.41, 5.74) is 2.65. The maximum absolute atomic E-state index is 12.8. The van der Waals surface area contributed by atoms with Gasteiger partial charge in [0.2, 0.25) is 0 Å². The van der Waals surface area contributed by atoms with Crippen LogP contribution in [-0.2, 0) is 6.54 Å². The van der Waals surface area contributed by atoms with Gasteiger partial charge in [-0.05, 0) is 42.0 Å². The van der Waals surface area contributed by atoms with E-state index in [2.05, 4.69) is 5.32 Å². The van der Waals surface area contributed by atoms with E-state index in [9.17, 15) is 4.79 Å². The van der Waals surface area contributed by atoms with Crippen LogP contribution in [0.1, 0.15) is 5.56 Å². The first kappa shape index (κ1) is 16.6. The molecule has 0 radical (unpaired) electrons. The van der Waals surface area contributed by atoms with Crippen molar-refractivity contribution in [3.8, 4) is 5.75 Å². The Morgan fingerprint density at radius 1 is 0.840 bits per heavy atom. The molecule has 0 saturated carbocycles. The molecule has 25 heavy (non-hydrogen) atoms. The van der Waals surface area contributed by atoms with Crippen molar-refractivity contribution in [3.63, 3.8) is 0 Å². The number of carbonyl (C=O) groups is 1. The summed E-state index contributed by atoms with van der Waals surface area (Å²) in [5.74, 6) is 0.797. The highest BCUT2D eigenvalue weighted by molar-refractivity contribution is 5.99. The van der Waals surface area contributed by atoms with Crippen LogP contribution in [0.25, 0.3) is 0 Å². The van der Waals surface area contributed by atoms with Crippen LogP contribution >= 0.6 is 0 Å². The molecule has 0 unspecified atom stereocenters. The average molecular weight is 332 g/mol. The van der Waals surface area contributed by atoms with Crippen LogP contribution in [0.5, 0.6) is 5.75 Å². The van der Waals surface area contributed by atoms with Crippen LogP contribution < -0.4 is 15.0 Å². The third-order valence-corrected chi connectivity index (χ3v) is 3.83. The smallest absolute Gasteiger partial charge is 0.326 e. The van der Waals surface area contributed by atoms with Crippen LogP contribution in [0.4, 0.5) is 16.2 Å². The van der Waals surface area contributed by atoms with Crippen LogP contribution in [0, 0.1) is 0 Å². The quantitative estimate of drug-likeness (QED) is 0.733. The number of amides is 2. The zero-order valence-corrected chi connectivity index (χ0v) is 14.1. The maximum Gasteiger partial charge on any atom is 0.326 e. The van der Waals surface area contributed by atoms with Gasteiger partial charge in [0.25, 0.3) is 0 Å². The van der Waals surface area contributed by atoms with Crippen molar-refractivity contribution in [2.75, 3.05) is 12.0 Å². The van der Waals surface area contributed by atoms with E-state index >= 15 is 0 Å². The summed E-state index contributed by atoms with van der Waals surface area (Å²) in [4.78, 5) is 14.5. The maximum atomic E-state index is 12.8. The second-order valence-corrected chi connectivity index (χ2v) is 5.51. The first-order chi connectivity index (χ1) is 12.3. The van der Waals surface area contributed by atoms with Gasteiger partial charge in [-0.25, -0.2) is 4.79 Å². The second kappa shape index (κ2) is 8.02. The topological polar surface area (TPSA) is 41.6 Å². The molecule has 0 aliphatic heterocycles. The van der Waals surface area contributed by atoms with Crippen molar-refractivity contribution >= 4 is 17.4 Å². The van der Waals surface area contributed by atoms with E-state index in [4.69, 9.17) is 4.74 Å². The Hall–Kier alpha value is -3.27. The van der Waals surface area contributed by atoms with E-state index in [0.29, 0.717) is 6.54 Å². The van der Waals surface area contributed by atoms with Gasteiger partial charge in [0.05, 0.1) is 18.5 Å². The number of nitrogens with zero attached hydrogens (tertiary/aromatic N) is 1. The molecule has 0 heterocycles. The van der Waals surface area contributed by atoms with Gasteiger partial charge >= 0.3 is 6.03 Å². The van der Waals surface area contributed by atoms with Crippen LogP contribution in [0.2, 0.25) is 0 Å². The molecular formula is C21H20N2O2. The number of hydrogen-bond acceptors (Lipinski definition) is 2. The molecule has 0 aromatic heterocycles. The molecule has 0 aliphatic carbocycles. The second-order valence-electron chi connectivity index (χ2n) is 5.51. The van der Waals surface area contributed by atoms with E-state index < -0.39 is 0 Å². The van der Waals surface area contributed by atoms with Gasteiger partial charge in [0.15, 0.2) is 0 Å². The molecule has 4 heteroatoms. The summed E-state index contributed by atoms with van der Waals surface area (Å²) < 4.78 is 5.15. The lowest BCUT2D eigenvalue weighted by Gasteiger charge is -2.23.